The molecule has 1 fully saturated rings. The topological polar surface area (TPSA) is 30.3 Å². The lowest BCUT2D eigenvalue weighted by Gasteiger charge is -2.27. The minimum Gasteiger partial charge on any atom is -0.333 e. The van der Waals surface area contributed by atoms with Crippen molar-refractivity contribution in [1.82, 2.24) is 14.6 Å². The Bertz CT molecular complexity index is 580. The summed E-state index contributed by atoms with van der Waals surface area (Å²) < 4.78 is 2.25. The molecule has 2 aliphatic rings. The molecule has 3 atom stereocenters. The van der Waals surface area contributed by atoms with E-state index in [1.807, 2.05) is 12.3 Å². The molecule has 19 heavy (non-hydrogen) atoms. The molecule has 0 spiro atoms. The van der Waals surface area contributed by atoms with Crippen LogP contribution >= 0.6 is 0 Å². The summed E-state index contributed by atoms with van der Waals surface area (Å²) in [5, 5.41) is 2.13. The van der Waals surface area contributed by atoms with Gasteiger partial charge in [0, 0.05) is 24.9 Å². The minimum atomic E-state index is 0.249. The van der Waals surface area contributed by atoms with E-state index in [2.05, 4.69) is 52.0 Å². The van der Waals surface area contributed by atoms with Crippen LogP contribution in [0.5, 0.6) is 0 Å². The molecular weight excluding hydrogens is 238 g/mol. The maximum Gasteiger partial charge on any atom is 0.128 e. The van der Waals surface area contributed by atoms with Gasteiger partial charge in [0.1, 0.15) is 11.9 Å². The predicted molar refractivity (Wildman–Crippen MR) is 71.1 cm³/mol. The molecule has 2 unspecified atom stereocenters. The highest BCUT2D eigenvalue weighted by Gasteiger charge is 2.46. The fraction of sp³-hybridized carbons (Fsp3) is 0.400. The van der Waals surface area contributed by atoms with Gasteiger partial charge in [0.2, 0.25) is 0 Å². The normalized spacial score (nSPS) is 27.2. The summed E-state index contributed by atoms with van der Waals surface area (Å²) in [5.74, 6) is 1.68. The number of imidazole rings is 1. The molecule has 0 radical (unpaired) electrons. The maximum atomic E-state index is 5.94. The van der Waals surface area contributed by atoms with Crippen LogP contribution < -0.4 is 0 Å². The first kappa shape index (κ1) is 11.2. The van der Waals surface area contributed by atoms with Crippen molar-refractivity contribution < 1.29 is 4.84 Å². The summed E-state index contributed by atoms with van der Waals surface area (Å²) in [7, 11) is 0. The Balaban J connectivity index is 1.66. The largest absolute Gasteiger partial charge is 0.333 e. The van der Waals surface area contributed by atoms with Crippen LogP contribution in [0.1, 0.15) is 30.4 Å². The maximum absolute atomic E-state index is 5.94. The van der Waals surface area contributed by atoms with E-state index < -0.39 is 0 Å². The van der Waals surface area contributed by atoms with Crippen molar-refractivity contribution in [3.8, 4) is 0 Å². The molecule has 0 aliphatic carbocycles. The second-order valence-electron chi connectivity index (χ2n) is 5.39. The molecule has 1 saturated heterocycles. The van der Waals surface area contributed by atoms with Crippen molar-refractivity contribution in [2.24, 2.45) is 5.92 Å². The van der Waals surface area contributed by atoms with Gasteiger partial charge < -0.3 is 4.57 Å². The molecule has 0 saturated carbocycles. The zero-order valence-corrected chi connectivity index (χ0v) is 10.9. The summed E-state index contributed by atoms with van der Waals surface area (Å²) in [6.45, 7) is 4.02. The first-order chi connectivity index (χ1) is 9.34. The second kappa shape index (κ2) is 4.18. The second-order valence-corrected chi connectivity index (χ2v) is 5.39. The van der Waals surface area contributed by atoms with E-state index in [4.69, 9.17) is 4.84 Å². The third kappa shape index (κ3) is 1.64. The lowest BCUT2D eigenvalue weighted by atomic mass is 10.0. The third-order valence-electron chi connectivity index (χ3n) is 4.27. The van der Waals surface area contributed by atoms with Crippen LogP contribution in [0.25, 0.3) is 0 Å². The van der Waals surface area contributed by atoms with Gasteiger partial charge in [-0.3, -0.25) is 4.84 Å². The Morgan fingerprint density at radius 1 is 1.32 bits per heavy atom. The van der Waals surface area contributed by atoms with E-state index >= 15 is 0 Å². The zero-order valence-electron chi connectivity index (χ0n) is 10.9. The molecule has 2 aliphatic heterocycles. The summed E-state index contributed by atoms with van der Waals surface area (Å²) in [4.78, 5) is 10.4. The van der Waals surface area contributed by atoms with Crippen LogP contribution in [0.3, 0.4) is 0 Å². The van der Waals surface area contributed by atoms with E-state index in [0.29, 0.717) is 12.0 Å². The van der Waals surface area contributed by atoms with E-state index in [1.54, 1.807) is 0 Å². The number of benzene rings is 1. The van der Waals surface area contributed by atoms with E-state index in [0.717, 1.165) is 19.0 Å². The number of nitrogens with zero attached hydrogens (tertiary/aromatic N) is 3. The van der Waals surface area contributed by atoms with Crippen molar-refractivity contribution in [2.45, 2.75) is 25.6 Å². The quantitative estimate of drug-likeness (QED) is 0.826. The van der Waals surface area contributed by atoms with Crippen LogP contribution in [-0.4, -0.2) is 21.2 Å². The Hall–Kier alpha value is -1.65. The van der Waals surface area contributed by atoms with Gasteiger partial charge in [-0.2, -0.15) is 5.06 Å². The molecule has 0 N–H and O–H groups in total. The zero-order chi connectivity index (χ0) is 12.8. The number of hydroxylamine groups is 2. The molecule has 0 bridgehead atoms. The van der Waals surface area contributed by atoms with Crippen molar-refractivity contribution in [2.75, 3.05) is 6.61 Å². The van der Waals surface area contributed by atoms with Crippen LogP contribution in [-0.2, 0) is 11.4 Å². The van der Waals surface area contributed by atoms with Crippen molar-refractivity contribution in [3.63, 3.8) is 0 Å². The molecule has 98 valence electrons. The number of rotatable bonds is 2. The number of hydrogen-bond donors (Lipinski definition) is 0. The summed E-state index contributed by atoms with van der Waals surface area (Å²) in [6.07, 6.45) is 3.95. The number of fused-ring (bicyclic) bond motifs is 3. The Morgan fingerprint density at radius 2 is 2.16 bits per heavy atom. The van der Waals surface area contributed by atoms with Crippen LogP contribution in [0, 0.1) is 5.92 Å². The fourth-order valence-electron chi connectivity index (χ4n) is 3.26. The molecule has 1 aromatic carbocycles. The van der Waals surface area contributed by atoms with E-state index in [-0.39, 0.29) is 6.04 Å². The van der Waals surface area contributed by atoms with Gasteiger partial charge in [0.05, 0.1) is 12.6 Å². The smallest absolute Gasteiger partial charge is 0.128 e. The molecule has 4 heteroatoms. The van der Waals surface area contributed by atoms with Crippen LogP contribution in [0.2, 0.25) is 0 Å². The van der Waals surface area contributed by atoms with E-state index in [9.17, 15) is 0 Å². The molecule has 1 aromatic heterocycles. The van der Waals surface area contributed by atoms with Gasteiger partial charge in [-0.1, -0.05) is 30.3 Å². The average Bonchev–Trinajstić information content (AvgIpc) is 3.10. The third-order valence-corrected chi connectivity index (χ3v) is 4.27. The molecule has 4 rings (SSSR count). The Morgan fingerprint density at radius 3 is 3.00 bits per heavy atom. The van der Waals surface area contributed by atoms with Gasteiger partial charge >= 0.3 is 0 Å². The Kier molecular flexibility index (Phi) is 2.47. The number of aromatic nitrogens is 2. The minimum absolute atomic E-state index is 0.249. The first-order valence-electron chi connectivity index (χ1n) is 6.82. The highest BCUT2D eigenvalue weighted by molar-refractivity contribution is 5.19. The van der Waals surface area contributed by atoms with Gasteiger partial charge in [-0.05, 0) is 12.5 Å². The Labute approximate surface area is 112 Å². The predicted octanol–water partition coefficient (Wildman–Crippen LogP) is 2.56. The standard InChI is InChI=1S/C15H17N3O/c1-11(12-5-3-2-4-6-12)18-14-13(10-19-18)9-17-8-7-16-15(14)17/h2-8,11,13-14H,9-10H2,1H3/t11-,13?,14?/m1/s1. The SMILES string of the molecule is C[C@H](c1ccccc1)N1OCC2Cn3ccnc3C21. The molecule has 3 heterocycles. The summed E-state index contributed by atoms with van der Waals surface area (Å²) in [5.41, 5.74) is 1.29. The van der Waals surface area contributed by atoms with Crippen molar-refractivity contribution in [3.05, 3.63) is 54.1 Å². The lowest BCUT2D eigenvalue weighted by Crippen LogP contribution is -2.26. The molecule has 4 nitrogen and oxygen atoms in total. The average molecular weight is 255 g/mol. The fourth-order valence-corrected chi connectivity index (χ4v) is 3.26. The van der Waals surface area contributed by atoms with Crippen molar-refractivity contribution in [1.29, 1.82) is 0 Å². The van der Waals surface area contributed by atoms with Gasteiger partial charge in [-0.25, -0.2) is 4.98 Å². The molecule has 0 amide bonds. The van der Waals surface area contributed by atoms with Gasteiger partial charge in [0.15, 0.2) is 0 Å². The van der Waals surface area contributed by atoms with Crippen LogP contribution in [0.15, 0.2) is 42.7 Å². The summed E-state index contributed by atoms with van der Waals surface area (Å²) in [6, 6.07) is 11.1. The first-order valence-corrected chi connectivity index (χ1v) is 6.82. The van der Waals surface area contributed by atoms with Gasteiger partial charge in [0.25, 0.3) is 0 Å². The molecule has 2 aromatic rings. The van der Waals surface area contributed by atoms with E-state index in [1.165, 1.54) is 5.56 Å². The highest BCUT2D eigenvalue weighted by atomic mass is 16.7. The molecular formula is C15H17N3O. The monoisotopic (exact) mass is 255 g/mol. The highest BCUT2D eigenvalue weighted by Crippen LogP contribution is 2.44. The van der Waals surface area contributed by atoms with Gasteiger partial charge in [-0.15, -0.1) is 0 Å². The van der Waals surface area contributed by atoms with Crippen molar-refractivity contribution >= 4 is 0 Å². The lowest BCUT2D eigenvalue weighted by molar-refractivity contribution is -0.163. The summed E-state index contributed by atoms with van der Waals surface area (Å²) >= 11 is 0. The van der Waals surface area contributed by atoms with Crippen LogP contribution in [0.4, 0.5) is 0 Å². The number of hydrogen-bond acceptors (Lipinski definition) is 3.